The first-order chi connectivity index (χ1) is 9.40. The molecule has 2 aromatic rings. The second-order valence-corrected chi connectivity index (χ2v) is 6.18. The average molecular weight is 269 g/mol. The highest BCUT2D eigenvalue weighted by molar-refractivity contribution is 5.60. The lowest BCUT2D eigenvalue weighted by atomic mass is 9.86. The van der Waals surface area contributed by atoms with Crippen LogP contribution in [0, 0.1) is 6.92 Å². The number of rotatable bonds is 3. The third kappa shape index (κ3) is 3.42. The molecule has 106 valence electrons. The number of nitrogens with two attached hydrogens (primary N) is 1. The molecule has 0 aliphatic heterocycles. The van der Waals surface area contributed by atoms with Crippen molar-refractivity contribution in [3.05, 3.63) is 47.4 Å². The van der Waals surface area contributed by atoms with Crippen LogP contribution >= 0.6 is 0 Å². The van der Waals surface area contributed by atoms with Crippen molar-refractivity contribution in [2.75, 3.05) is 6.54 Å². The van der Waals surface area contributed by atoms with Gasteiger partial charge in [0.15, 0.2) is 0 Å². The summed E-state index contributed by atoms with van der Waals surface area (Å²) >= 11 is 0. The summed E-state index contributed by atoms with van der Waals surface area (Å²) in [5.74, 6) is 0.822. The molecular formula is C17H23N3. The van der Waals surface area contributed by atoms with Gasteiger partial charge in [0.2, 0.25) is 0 Å². The third-order valence-corrected chi connectivity index (χ3v) is 3.32. The minimum Gasteiger partial charge on any atom is -0.330 e. The normalized spacial score (nSPS) is 11.7. The number of hydrogen-bond donors (Lipinski definition) is 1. The van der Waals surface area contributed by atoms with E-state index in [1.54, 1.807) is 0 Å². The van der Waals surface area contributed by atoms with Gasteiger partial charge in [0, 0.05) is 17.7 Å². The second kappa shape index (κ2) is 5.71. The Morgan fingerprint density at radius 3 is 2.25 bits per heavy atom. The summed E-state index contributed by atoms with van der Waals surface area (Å²) in [5, 5.41) is 0. The topological polar surface area (TPSA) is 51.8 Å². The van der Waals surface area contributed by atoms with Crippen LogP contribution in [-0.2, 0) is 11.8 Å². The van der Waals surface area contributed by atoms with Gasteiger partial charge in [-0.05, 0) is 30.5 Å². The Hall–Kier alpha value is -1.74. The van der Waals surface area contributed by atoms with E-state index in [9.17, 15) is 0 Å². The molecule has 0 bridgehead atoms. The maximum atomic E-state index is 5.59. The fourth-order valence-corrected chi connectivity index (χ4v) is 2.16. The molecule has 0 atom stereocenters. The molecule has 0 fully saturated rings. The Balaban J connectivity index is 2.36. The van der Waals surface area contributed by atoms with Gasteiger partial charge < -0.3 is 5.73 Å². The summed E-state index contributed by atoms with van der Waals surface area (Å²) in [7, 11) is 0. The van der Waals surface area contributed by atoms with Crippen molar-refractivity contribution in [3.63, 3.8) is 0 Å². The Labute approximate surface area is 121 Å². The van der Waals surface area contributed by atoms with E-state index in [1.165, 1.54) is 5.56 Å². The lowest BCUT2D eigenvalue weighted by molar-refractivity contribution is 0.590. The van der Waals surface area contributed by atoms with Crippen LogP contribution in [0.5, 0.6) is 0 Å². The van der Waals surface area contributed by atoms with Gasteiger partial charge in [0.1, 0.15) is 5.82 Å². The van der Waals surface area contributed by atoms with Crippen molar-refractivity contribution in [1.82, 2.24) is 9.97 Å². The number of aromatic nitrogens is 2. The first-order valence-corrected chi connectivity index (χ1v) is 7.05. The molecule has 0 spiro atoms. The predicted molar refractivity (Wildman–Crippen MR) is 83.7 cm³/mol. The lowest BCUT2D eigenvalue weighted by Gasteiger charge is -2.19. The molecule has 1 heterocycles. The van der Waals surface area contributed by atoms with Gasteiger partial charge in [-0.1, -0.05) is 45.0 Å². The number of hydrogen-bond acceptors (Lipinski definition) is 3. The first-order valence-electron chi connectivity index (χ1n) is 7.05. The van der Waals surface area contributed by atoms with Crippen LogP contribution in [0.4, 0.5) is 0 Å². The molecule has 3 heteroatoms. The van der Waals surface area contributed by atoms with Crippen molar-refractivity contribution in [1.29, 1.82) is 0 Å². The maximum absolute atomic E-state index is 5.59. The molecule has 0 saturated carbocycles. The summed E-state index contributed by atoms with van der Waals surface area (Å²) in [6.45, 7) is 9.23. The number of aryl methyl sites for hydroxylation is 1. The van der Waals surface area contributed by atoms with Crippen molar-refractivity contribution in [2.45, 2.75) is 39.5 Å². The Morgan fingerprint density at radius 2 is 1.70 bits per heavy atom. The smallest absolute Gasteiger partial charge is 0.130 e. The summed E-state index contributed by atoms with van der Waals surface area (Å²) < 4.78 is 0. The van der Waals surface area contributed by atoms with E-state index in [4.69, 9.17) is 5.73 Å². The van der Waals surface area contributed by atoms with Gasteiger partial charge in [-0.25, -0.2) is 9.97 Å². The van der Waals surface area contributed by atoms with E-state index in [0.29, 0.717) is 6.54 Å². The van der Waals surface area contributed by atoms with Crippen LogP contribution in [0.15, 0.2) is 30.3 Å². The molecule has 0 aliphatic rings. The van der Waals surface area contributed by atoms with E-state index in [1.807, 2.05) is 13.0 Å². The number of nitrogens with zero attached hydrogens (tertiary/aromatic N) is 2. The summed E-state index contributed by atoms with van der Waals surface area (Å²) in [4.78, 5) is 9.01. The maximum Gasteiger partial charge on any atom is 0.130 e. The minimum absolute atomic E-state index is 0.171. The van der Waals surface area contributed by atoms with Gasteiger partial charge in [0.05, 0.1) is 5.69 Å². The SMILES string of the molecule is Cc1cc(-c2ccc(C(C)(C)C)cc2)nc(CCN)n1. The zero-order valence-electron chi connectivity index (χ0n) is 12.8. The standard InChI is InChI=1S/C17H23N3/c1-12-11-15(20-16(19-12)9-10-18)13-5-7-14(8-6-13)17(2,3)4/h5-8,11H,9-10,18H2,1-4H3. The van der Waals surface area contributed by atoms with Crippen LogP contribution in [0.25, 0.3) is 11.3 Å². The van der Waals surface area contributed by atoms with Gasteiger partial charge in [-0.2, -0.15) is 0 Å². The zero-order valence-corrected chi connectivity index (χ0v) is 12.8. The third-order valence-electron chi connectivity index (χ3n) is 3.32. The Kier molecular flexibility index (Phi) is 4.19. The van der Waals surface area contributed by atoms with Crippen LogP contribution in [0.3, 0.4) is 0 Å². The minimum atomic E-state index is 0.171. The van der Waals surface area contributed by atoms with E-state index in [-0.39, 0.29) is 5.41 Å². The molecule has 1 aromatic carbocycles. The quantitative estimate of drug-likeness (QED) is 0.930. The zero-order chi connectivity index (χ0) is 14.8. The molecule has 0 aliphatic carbocycles. The number of benzene rings is 1. The molecule has 1 aromatic heterocycles. The molecule has 2 N–H and O–H groups in total. The summed E-state index contributed by atoms with van der Waals surface area (Å²) in [5.41, 5.74) is 10.2. The van der Waals surface area contributed by atoms with Crippen LogP contribution < -0.4 is 5.73 Å². The molecule has 3 nitrogen and oxygen atoms in total. The highest BCUT2D eigenvalue weighted by Crippen LogP contribution is 2.25. The van der Waals surface area contributed by atoms with Gasteiger partial charge in [-0.3, -0.25) is 0 Å². The second-order valence-electron chi connectivity index (χ2n) is 6.18. The molecule has 0 amide bonds. The van der Waals surface area contributed by atoms with Crippen molar-refractivity contribution < 1.29 is 0 Å². The fraction of sp³-hybridized carbons (Fsp3) is 0.412. The van der Waals surface area contributed by atoms with Gasteiger partial charge >= 0.3 is 0 Å². The predicted octanol–water partition coefficient (Wildman–Crippen LogP) is 3.25. The van der Waals surface area contributed by atoms with Crippen LogP contribution in [0.2, 0.25) is 0 Å². The first kappa shape index (κ1) is 14.7. The van der Waals surface area contributed by atoms with Gasteiger partial charge in [0.25, 0.3) is 0 Å². The van der Waals surface area contributed by atoms with Crippen molar-refractivity contribution in [2.24, 2.45) is 5.73 Å². The molecule has 2 rings (SSSR count). The van der Waals surface area contributed by atoms with E-state index < -0.39 is 0 Å². The van der Waals surface area contributed by atoms with Crippen LogP contribution in [0.1, 0.15) is 37.9 Å². The monoisotopic (exact) mass is 269 g/mol. The van der Waals surface area contributed by atoms with Crippen molar-refractivity contribution in [3.8, 4) is 11.3 Å². The van der Waals surface area contributed by atoms with E-state index in [0.717, 1.165) is 29.2 Å². The Bertz CT molecular complexity index is 580. The lowest BCUT2D eigenvalue weighted by Crippen LogP contribution is -2.10. The molecule has 0 saturated heterocycles. The fourth-order valence-electron chi connectivity index (χ4n) is 2.16. The van der Waals surface area contributed by atoms with Crippen molar-refractivity contribution >= 4 is 0 Å². The molecule has 0 radical (unpaired) electrons. The molecule has 20 heavy (non-hydrogen) atoms. The van der Waals surface area contributed by atoms with Crippen LogP contribution in [-0.4, -0.2) is 16.5 Å². The van der Waals surface area contributed by atoms with E-state index in [2.05, 4.69) is 55.0 Å². The highest BCUT2D eigenvalue weighted by atomic mass is 14.9. The van der Waals surface area contributed by atoms with E-state index >= 15 is 0 Å². The van der Waals surface area contributed by atoms with Gasteiger partial charge in [-0.15, -0.1) is 0 Å². The molecular weight excluding hydrogens is 246 g/mol. The highest BCUT2D eigenvalue weighted by Gasteiger charge is 2.13. The Morgan fingerprint density at radius 1 is 1.05 bits per heavy atom. The largest absolute Gasteiger partial charge is 0.330 e. The summed E-state index contributed by atoms with van der Waals surface area (Å²) in [6.07, 6.45) is 0.717. The summed E-state index contributed by atoms with van der Waals surface area (Å²) in [6, 6.07) is 10.6. The average Bonchev–Trinajstić information content (AvgIpc) is 2.37. The molecule has 0 unspecified atom stereocenters.